The average Bonchev–Trinajstić information content (AvgIpc) is 3.27. The van der Waals surface area contributed by atoms with Crippen LogP contribution in [0.25, 0.3) is 32.9 Å². The normalized spacial score (nSPS) is 11.2. The highest BCUT2D eigenvalue weighted by Gasteiger charge is 2.18. The van der Waals surface area contributed by atoms with Crippen LogP contribution >= 0.6 is 0 Å². The van der Waals surface area contributed by atoms with Gasteiger partial charge in [0, 0.05) is 34.8 Å². The Hall–Kier alpha value is -4.83. The fraction of sp³-hybridized carbons (Fsp3) is 0.0882. The highest BCUT2D eigenvalue weighted by Crippen LogP contribution is 2.35. The lowest BCUT2D eigenvalue weighted by Crippen LogP contribution is -2.11. The third-order valence-corrected chi connectivity index (χ3v) is 7.06. The van der Waals surface area contributed by atoms with E-state index < -0.39 is 5.91 Å². The van der Waals surface area contributed by atoms with E-state index in [9.17, 15) is 4.79 Å². The standard InChI is InChI=1S/C34H28N2O2/c35-34(37)29-16-9-17-32-33(29)30-22-27(38-21-20-24-10-3-1-4-11-24)18-19-31(30)36(32)23-26-14-7-8-15-28(26)25-12-5-2-6-13-25/h1-19,22H,20-21,23H2,(H2,35,37). The molecule has 0 fully saturated rings. The first kappa shape index (κ1) is 23.6. The van der Waals surface area contributed by atoms with Gasteiger partial charge in [-0.3, -0.25) is 4.79 Å². The Kier molecular flexibility index (Phi) is 6.37. The molecule has 0 aliphatic carbocycles. The molecule has 0 saturated carbocycles. The zero-order chi connectivity index (χ0) is 25.9. The molecule has 0 unspecified atom stereocenters. The first-order valence-electron chi connectivity index (χ1n) is 12.8. The quantitative estimate of drug-likeness (QED) is 0.242. The molecule has 0 saturated heterocycles. The summed E-state index contributed by atoms with van der Waals surface area (Å²) >= 11 is 0. The summed E-state index contributed by atoms with van der Waals surface area (Å²) in [7, 11) is 0. The van der Waals surface area contributed by atoms with E-state index in [4.69, 9.17) is 10.5 Å². The predicted octanol–water partition coefficient (Wildman–Crippen LogP) is 7.23. The van der Waals surface area contributed by atoms with Crippen molar-refractivity contribution in [1.29, 1.82) is 0 Å². The lowest BCUT2D eigenvalue weighted by atomic mass is 9.99. The number of fused-ring (bicyclic) bond motifs is 3. The molecule has 5 aromatic carbocycles. The van der Waals surface area contributed by atoms with Gasteiger partial charge < -0.3 is 15.0 Å². The summed E-state index contributed by atoms with van der Waals surface area (Å²) in [6.07, 6.45) is 0.823. The maximum atomic E-state index is 12.5. The van der Waals surface area contributed by atoms with Crippen LogP contribution in [0.1, 0.15) is 21.5 Å². The van der Waals surface area contributed by atoms with Crippen molar-refractivity contribution < 1.29 is 9.53 Å². The first-order valence-corrected chi connectivity index (χ1v) is 12.8. The monoisotopic (exact) mass is 496 g/mol. The number of hydrogen-bond acceptors (Lipinski definition) is 2. The number of carbonyl (C=O) groups excluding carboxylic acids is 1. The molecule has 2 N–H and O–H groups in total. The minimum absolute atomic E-state index is 0.435. The topological polar surface area (TPSA) is 57.3 Å². The average molecular weight is 497 g/mol. The van der Waals surface area contributed by atoms with Crippen molar-refractivity contribution in [3.8, 4) is 16.9 Å². The van der Waals surface area contributed by atoms with Crippen LogP contribution in [-0.2, 0) is 13.0 Å². The zero-order valence-electron chi connectivity index (χ0n) is 21.0. The number of hydrogen-bond donors (Lipinski definition) is 1. The van der Waals surface area contributed by atoms with E-state index >= 15 is 0 Å². The number of nitrogens with zero attached hydrogens (tertiary/aromatic N) is 1. The van der Waals surface area contributed by atoms with Crippen molar-refractivity contribution in [3.05, 3.63) is 138 Å². The Balaban J connectivity index is 1.43. The van der Waals surface area contributed by atoms with Gasteiger partial charge in [-0.25, -0.2) is 0 Å². The third-order valence-electron chi connectivity index (χ3n) is 7.06. The van der Waals surface area contributed by atoms with Crippen molar-refractivity contribution in [1.82, 2.24) is 4.57 Å². The molecule has 0 aliphatic rings. The molecular weight excluding hydrogens is 468 g/mol. The Bertz CT molecular complexity index is 1740. The maximum Gasteiger partial charge on any atom is 0.249 e. The molecule has 0 bridgehead atoms. The van der Waals surface area contributed by atoms with Crippen LogP contribution in [0.2, 0.25) is 0 Å². The highest BCUT2D eigenvalue weighted by atomic mass is 16.5. The van der Waals surface area contributed by atoms with E-state index in [0.29, 0.717) is 18.7 Å². The summed E-state index contributed by atoms with van der Waals surface area (Å²) in [5.41, 5.74) is 13.2. The molecule has 1 aromatic heterocycles. The highest BCUT2D eigenvalue weighted by molar-refractivity contribution is 6.18. The largest absolute Gasteiger partial charge is 0.493 e. The van der Waals surface area contributed by atoms with Crippen molar-refractivity contribution in [2.45, 2.75) is 13.0 Å². The number of nitrogens with two attached hydrogens (primary N) is 1. The molecule has 6 aromatic rings. The minimum atomic E-state index is -0.435. The van der Waals surface area contributed by atoms with Gasteiger partial charge in [0.1, 0.15) is 5.75 Å². The molecular formula is C34H28N2O2. The molecule has 0 spiro atoms. The summed E-state index contributed by atoms with van der Waals surface area (Å²) in [4.78, 5) is 12.5. The zero-order valence-corrected chi connectivity index (χ0v) is 21.0. The van der Waals surface area contributed by atoms with Gasteiger partial charge in [-0.15, -0.1) is 0 Å². The van der Waals surface area contributed by atoms with Crippen molar-refractivity contribution in [3.63, 3.8) is 0 Å². The van der Waals surface area contributed by atoms with Crippen LogP contribution in [0.5, 0.6) is 5.75 Å². The van der Waals surface area contributed by atoms with E-state index in [-0.39, 0.29) is 0 Å². The third kappa shape index (κ3) is 4.53. The fourth-order valence-corrected chi connectivity index (χ4v) is 5.25. The van der Waals surface area contributed by atoms with Crippen molar-refractivity contribution in [2.24, 2.45) is 5.73 Å². The number of ether oxygens (including phenoxy) is 1. The van der Waals surface area contributed by atoms with E-state index in [1.54, 1.807) is 6.07 Å². The van der Waals surface area contributed by atoms with Gasteiger partial charge in [-0.2, -0.15) is 0 Å². The molecule has 0 radical (unpaired) electrons. The van der Waals surface area contributed by atoms with E-state index in [1.807, 2.05) is 42.5 Å². The lowest BCUT2D eigenvalue weighted by molar-refractivity contribution is 0.100. The molecule has 4 heteroatoms. The summed E-state index contributed by atoms with van der Waals surface area (Å²) in [5, 5.41) is 1.82. The number of primary amides is 1. The molecule has 1 heterocycles. The van der Waals surface area contributed by atoms with Gasteiger partial charge in [0.15, 0.2) is 0 Å². The SMILES string of the molecule is NC(=O)c1cccc2c1c1cc(OCCc3ccccc3)ccc1n2Cc1ccccc1-c1ccccc1. The number of benzene rings is 5. The Morgan fingerprint density at radius 1 is 0.737 bits per heavy atom. The van der Waals surface area contributed by atoms with Gasteiger partial charge in [0.2, 0.25) is 5.91 Å². The molecule has 0 aliphatic heterocycles. The fourth-order valence-electron chi connectivity index (χ4n) is 5.25. The van der Waals surface area contributed by atoms with Crippen LogP contribution < -0.4 is 10.5 Å². The maximum absolute atomic E-state index is 12.5. The van der Waals surface area contributed by atoms with Gasteiger partial charge in [-0.1, -0.05) is 91.0 Å². The van der Waals surface area contributed by atoms with Gasteiger partial charge in [0.25, 0.3) is 0 Å². The molecule has 6 rings (SSSR count). The Morgan fingerprint density at radius 2 is 1.47 bits per heavy atom. The predicted molar refractivity (Wildman–Crippen MR) is 155 cm³/mol. The number of aromatic nitrogens is 1. The van der Waals surface area contributed by atoms with Crippen LogP contribution in [0.15, 0.2) is 121 Å². The van der Waals surface area contributed by atoms with Crippen LogP contribution in [-0.4, -0.2) is 17.1 Å². The second kappa shape index (κ2) is 10.3. The number of amides is 1. The van der Waals surface area contributed by atoms with Gasteiger partial charge in [0.05, 0.1) is 12.1 Å². The summed E-state index contributed by atoms with van der Waals surface area (Å²) < 4.78 is 8.42. The Labute approximate surface area is 221 Å². The van der Waals surface area contributed by atoms with E-state index in [2.05, 4.69) is 77.4 Å². The lowest BCUT2D eigenvalue weighted by Gasteiger charge is -2.13. The van der Waals surface area contributed by atoms with Crippen LogP contribution in [0.3, 0.4) is 0 Å². The van der Waals surface area contributed by atoms with Gasteiger partial charge >= 0.3 is 0 Å². The summed E-state index contributed by atoms with van der Waals surface area (Å²) in [5.74, 6) is 0.339. The van der Waals surface area contributed by atoms with Crippen molar-refractivity contribution >= 4 is 27.7 Å². The minimum Gasteiger partial charge on any atom is -0.493 e. The smallest absolute Gasteiger partial charge is 0.249 e. The second-order valence-corrected chi connectivity index (χ2v) is 9.44. The Morgan fingerprint density at radius 3 is 2.26 bits per heavy atom. The molecule has 1 amide bonds. The first-order chi connectivity index (χ1) is 18.7. The van der Waals surface area contributed by atoms with Crippen molar-refractivity contribution in [2.75, 3.05) is 6.61 Å². The summed E-state index contributed by atoms with van der Waals surface area (Å²) in [6.45, 7) is 1.22. The second-order valence-electron chi connectivity index (χ2n) is 9.44. The number of rotatable bonds is 8. The summed E-state index contributed by atoms with van der Waals surface area (Å²) in [6, 6.07) is 41.1. The van der Waals surface area contributed by atoms with E-state index in [1.165, 1.54) is 22.3 Å². The van der Waals surface area contributed by atoms with Crippen LogP contribution in [0.4, 0.5) is 0 Å². The van der Waals surface area contributed by atoms with Gasteiger partial charge in [-0.05, 0) is 52.6 Å². The molecule has 186 valence electrons. The molecule has 38 heavy (non-hydrogen) atoms. The number of carbonyl (C=O) groups is 1. The molecule has 4 nitrogen and oxygen atoms in total. The van der Waals surface area contributed by atoms with Crippen LogP contribution in [0, 0.1) is 0 Å². The van der Waals surface area contributed by atoms with E-state index in [0.717, 1.165) is 34.0 Å². The molecule has 0 atom stereocenters.